The highest BCUT2D eigenvalue weighted by molar-refractivity contribution is 5.96. The summed E-state index contributed by atoms with van der Waals surface area (Å²) >= 11 is 0. The fourth-order valence-electron chi connectivity index (χ4n) is 4.20. The van der Waals surface area contributed by atoms with Gasteiger partial charge in [0.05, 0.1) is 6.54 Å². The van der Waals surface area contributed by atoms with Crippen molar-refractivity contribution in [2.45, 2.75) is 44.6 Å². The number of nitrogens with zero attached hydrogens (tertiary/aromatic N) is 1. The standard InChI is InChI=1S/C22H26N2O/c1-16-7-2-4-10-20(16)18-13-19(14-18)23-15-22(25)24-12-6-9-17-8-3-5-11-21(17)24/h2-5,7-8,10-11,18-19,23H,6,9,12-15H2,1H3. The number of amides is 1. The molecule has 1 N–H and O–H groups in total. The summed E-state index contributed by atoms with van der Waals surface area (Å²) in [6, 6.07) is 17.4. The van der Waals surface area contributed by atoms with Crippen LogP contribution in [0.4, 0.5) is 5.69 Å². The number of hydrogen-bond acceptors (Lipinski definition) is 2. The smallest absolute Gasteiger partial charge is 0.240 e. The molecule has 1 amide bonds. The van der Waals surface area contributed by atoms with Gasteiger partial charge in [0.2, 0.25) is 5.91 Å². The van der Waals surface area contributed by atoms with E-state index in [0.717, 1.165) is 37.9 Å². The van der Waals surface area contributed by atoms with E-state index in [4.69, 9.17) is 0 Å². The number of anilines is 1. The zero-order valence-electron chi connectivity index (χ0n) is 14.9. The van der Waals surface area contributed by atoms with E-state index >= 15 is 0 Å². The van der Waals surface area contributed by atoms with Gasteiger partial charge in [-0.05, 0) is 61.3 Å². The van der Waals surface area contributed by atoms with E-state index in [2.05, 4.69) is 54.7 Å². The van der Waals surface area contributed by atoms with Gasteiger partial charge in [-0.25, -0.2) is 0 Å². The molecule has 25 heavy (non-hydrogen) atoms. The second kappa shape index (κ2) is 7.01. The number of aryl methyl sites for hydroxylation is 2. The predicted octanol–water partition coefficient (Wildman–Crippen LogP) is 3.81. The van der Waals surface area contributed by atoms with Gasteiger partial charge < -0.3 is 10.2 Å². The van der Waals surface area contributed by atoms with E-state index in [-0.39, 0.29) is 5.91 Å². The number of benzene rings is 2. The average molecular weight is 334 g/mol. The zero-order chi connectivity index (χ0) is 17.2. The van der Waals surface area contributed by atoms with E-state index in [0.29, 0.717) is 18.5 Å². The first-order valence-corrected chi connectivity index (χ1v) is 9.39. The molecule has 0 radical (unpaired) electrons. The Morgan fingerprint density at radius 3 is 2.72 bits per heavy atom. The van der Waals surface area contributed by atoms with E-state index in [1.54, 1.807) is 0 Å². The first-order chi connectivity index (χ1) is 12.2. The fraction of sp³-hybridized carbons (Fsp3) is 0.409. The van der Waals surface area contributed by atoms with Gasteiger partial charge in [0.25, 0.3) is 0 Å². The normalized spacial score (nSPS) is 22.2. The van der Waals surface area contributed by atoms with Gasteiger partial charge >= 0.3 is 0 Å². The van der Waals surface area contributed by atoms with Crippen LogP contribution in [0.25, 0.3) is 0 Å². The van der Waals surface area contributed by atoms with Gasteiger partial charge in [0.1, 0.15) is 0 Å². The highest BCUT2D eigenvalue weighted by atomic mass is 16.2. The number of fused-ring (bicyclic) bond motifs is 1. The fourth-order valence-corrected chi connectivity index (χ4v) is 4.20. The lowest BCUT2D eigenvalue weighted by Crippen LogP contribution is -2.47. The summed E-state index contributed by atoms with van der Waals surface area (Å²) in [5.41, 5.74) is 5.25. The lowest BCUT2D eigenvalue weighted by Gasteiger charge is -2.38. The molecule has 3 nitrogen and oxygen atoms in total. The highest BCUT2D eigenvalue weighted by Gasteiger charge is 2.31. The number of rotatable bonds is 4. The Hall–Kier alpha value is -2.13. The van der Waals surface area contributed by atoms with Gasteiger partial charge in [-0.2, -0.15) is 0 Å². The van der Waals surface area contributed by atoms with Crippen LogP contribution in [0.3, 0.4) is 0 Å². The van der Waals surface area contributed by atoms with Gasteiger partial charge in [0, 0.05) is 18.3 Å². The maximum absolute atomic E-state index is 12.7. The van der Waals surface area contributed by atoms with Crippen molar-refractivity contribution in [3.05, 3.63) is 65.2 Å². The van der Waals surface area contributed by atoms with Gasteiger partial charge in [-0.3, -0.25) is 4.79 Å². The lowest BCUT2D eigenvalue weighted by molar-refractivity contribution is -0.118. The van der Waals surface area contributed by atoms with E-state index < -0.39 is 0 Å². The summed E-state index contributed by atoms with van der Waals surface area (Å²) in [7, 11) is 0. The zero-order valence-corrected chi connectivity index (χ0v) is 14.9. The molecule has 0 saturated heterocycles. The number of hydrogen-bond donors (Lipinski definition) is 1. The van der Waals surface area contributed by atoms with E-state index in [1.165, 1.54) is 16.7 Å². The molecule has 0 aromatic heterocycles. The third-order valence-electron chi connectivity index (χ3n) is 5.72. The van der Waals surface area contributed by atoms with Crippen molar-refractivity contribution in [1.29, 1.82) is 0 Å². The van der Waals surface area contributed by atoms with Crippen molar-refractivity contribution in [3.63, 3.8) is 0 Å². The molecule has 0 bridgehead atoms. The molecule has 3 heteroatoms. The molecule has 0 spiro atoms. The van der Waals surface area contributed by atoms with Crippen molar-refractivity contribution in [3.8, 4) is 0 Å². The Bertz CT molecular complexity index is 764. The summed E-state index contributed by atoms with van der Waals surface area (Å²) in [6.45, 7) is 3.47. The number of para-hydroxylation sites is 1. The molecular weight excluding hydrogens is 308 g/mol. The predicted molar refractivity (Wildman–Crippen MR) is 102 cm³/mol. The van der Waals surface area contributed by atoms with Crippen molar-refractivity contribution < 1.29 is 4.79 Å². The summed E-state index contributed by atoms with van der Waals surface area (Å²) in [5, 5.41) is 3.47. The van der Waals surface area contributed by atoms with Crippen LogP contribution in [-0.2, 0) is 11.2 Å². The molecular formula is C22H26N2O. The quantitative estimate of drug-likeness (QED) is 0.922. The molecule has 2 aliphatic rings. The van der Waals surface area contributed by atoms with Crippen LogP contribution in [0.2, 0.25) is 0 Å². The van der Waals surface area contributed by atoms with Gasteiger partial charge in [-0.1, -0.05) is 42.5 Å². The first-order valence-electron chi connectivity index (χ1n) is 9.39. The largest absolute Gasteiger partial charge is 0.311 e. The second-order valence-electron chi connectivity index (χ2n) is 7.38. The Morgan fingerprint density at radius 2 is 1.88 bits per heavy atom. The van der Waals surface area contributed by atoms with Crippen LogP contribution in [0.15, 0.2) is 48.5 Å². The molecule has 4 rings (SSSR count). The molecule has 0 atom stereocenters. The van der Waals surface area contributed by atoms with E-state index in [1.807, 2.05) is 11.0 Å². The summed E-state index contributed by atoms with van der Waals surface area (Å²) in [5.74, 6) is 0.844. The summed E-state index contributed by atoms with van der Waals surface area (Å²) in [4.78, 5) is 14.6. The van der Waals surface area contributed by atoms with E-state index in [9.17, 15) is 4.79 Å². The molecule has 1 aliphatic heterocycles. The Balaban J connectivity index is 1.30. The molecule has 1 saturated carbocycles. The van der Waals surface area contributed by atoms with Crippen molar-refractivity contribution in [1.82, 2.24) is 5.32 Å². The van der Waals surface area contributed by atoms with Crippen LogP contribution < -0.4 is 10.2 Å². The topological polar surface area (TPSA) is 32.3 Å². The molecule has 1 fully saturated rings. The van der Waals surface area contributed by atoms with Crippen LogP contribution in [0.1, 0.15) is 41.9 Å². The molecule has 2 aromatic carbocycles. The average Bonchev–Trinajstić information content (AvgIpc) is 2.61. The molecule has 2 aromatic rings. The van der Waals surface area contributed by atoms with Crippen LogP contribution in [0, 0.1) is 6.92 Å². The van der Waals surface area contributed by atoms with Crippen LogP contribution >= 0.6 is 0 Å². The van der Waals surface area contributed by atoms with Crippen molar-refractivity contribution >= 4 is 11.6 Å². The van der Waals surface area contributed by atoms with Crippen molar-refractivity contribution in [2.75, 3.05) is 18.0 Å². The minimum Gasteiger partial charge on any atom is -0.311 e. The van der Waals surface area contributed by atoms with Crippen LogP contribution in [-0.4, -0.2) is 25.0 Å². The minimum atomic E-state index is 0.200. The Kier molecular flexibility index (Phi) is 4.58. The maximum atomic E-state index is 12.7. The van der Waals surface area contributed by atoms with Crippen molar-refractivity contribution in [2.24, 2.45) is 0 Å². The third-order valence-corrected chi connectivity index (χ3v) is 5.72. The Morgan fingerprint density at radius 1 is 1.12 bits per heavy atom. The highest BCUT2D eigenvalue weighted by Crippen LogP contribution is 2.38. The molecule has 130 valence electrons. The van der Waals surface area contributed by atoms with Gasteiger partial charge in [-0.15, -0.1) is 0 Å². The number of carbonyl (C=O) groups is 1. The number of carbonyl (C=O) groups excluding carboxylic acids is 1. The Labute approximate surface area is 150 Å². The first kappa shape index (κ1) is 16.3. The monoisotopic (exact) mass is 334 g/mol. The lowest BCUT2D eigenvalue weighted by atomic mass is 9.74. The van der Waals surface area contributed by atoms with Crippen LogP contribution in [0.5, 0.6) is 0 Å². The minimum absolute atomic E-state index is 0.200. The second-order valence-corrected chi connectivity index (χ2v) is 7.38. The molecule has 1 aliphatic carbocycles. The SMILES string of the molecule is Cc1ccccc1C1CC(NCC(=O)N2CCCc3ccccc32)C1. The summed E-state index contributed by atoms with van der Waals surface area (Å²) in [6.07, 6.45) is 4.40. The number of nitrogens with one attached hydrogen (secondary N) is 1. The molecule has 0 unspecified atom stereocenters. The molecule has 1 heterocycles. The third kappa shape index (κ3) is 3.34. The van der Waals surface area contributed by atoms with Gasteiger partial charge in [0.15, 0.2) is 0 Å². The summed E-state index contributed by atoms with van der Waals surface area (Å²) < 4.78 is 0. The maximum Gasteiger partial charge on any atom is 0.240 e.